The van der Waals surface area contributed by atoms with Gasteiger partial charge in [-0.3, -0.25) is 0 Å². The van der Waals surface area contributed by atoms with Crippen molar-refractivity contribution < 1.29 is 8.91 Å². The van der Waals surface area contributed by atoms with E-state index in [2.05, 4.69) is 10.1 Å². The Labute approximate surface area is 117 Å². The van der Waals surface area contributed by atoms with E-state index in [0.717, 1.165) is 12.8 Å². The third-order valence-corrected chi connectivity index (χ3v) is 4.27. The van der Waals surface area contributed by atoms with Crippen molar-refractivity contribution >= 4 is 0 Å². The van der Waals surface area contributed by atoms with Crippen molar-refractivity contribution in [3.05, 3.63) is 35.5 Å². The highest BCUT2D eigenvalue weighted by Crippen LogP contribution is 2.42. The lowest BCUT2D eigenvalue weighted by atomic mass is 9.67. The molecule has 1 aliphatic rings. The van der Waals surface area contributed by atoms with Crippen LogP contribution in [0.2, 0.25) is 0 Å². The van der Waals surface area contributed by atoms with Gasteiger partial charge in [-0.25, -0.2) is 4.39 Å². The van der Waals surface area contributed by atoms with E-state index in [9.17, 15) is 4.39 Å². The molecule has 20 heavy (non-hydrogen) atoms. The first-order valence-electron chi connectivity index (χ1n) is 6.91. The lowest BCUT2D eigenvalue weighted by Gasteiger charge is -2.39. The van der Waals surface area contributed by atoms with Crippen LogP contribution < -0.4 is 5.73 Å². The highest BCUT2D eigenvalue weighted by Gasteiger charge is 2.37. The molecule has 1 aliphatic carbocycles. The van der Waals surface area contributed by atoms with Gasteiger partial charge in [-0.2, -0.15) is 4.98 Å². The number of rotatable bonds is 4. The third-order valence-electron chi connectivity index (χ3n) is 4.27. The number of hydrogen-bond donors (Lipinski definition) is 1. The zero-order chi connectivity index (χ0) is 14.2. The van der Waals surface area contributed by atoms with E-state index >= 15 is 0 Å². The van der Waals surface area contributed by atoms with Crippen LogP contribution in [0.15, 0.2) is 22.7 Å². The Hall–Kier alpha value is -1.75. The molecule has 1 fully saturated rings. The number of nitrogens with two attached hydrogens (primary N) is 1. The van der Waals surface area contributed by atoms with E-state index in [-0.39, 0.29) is 11.2 Å². The highest BCUT2D eigenvalue weighted by molar-refractivity contribution is 5.54. The zero-order valence-corrected chi connectivity index (χ0v) is 11.5. The largest absolute Gasteiger partial charge is 0.339 e. The van der Waals surface area contributed by atoms with E-state index in [1.54, 1.807) is 19.1 Å². The van der Waals surface area contributed by atoms with Crippen molar-refractivity contribution in [1.82, 2.24) is 10.1 Å². The summed E-state index contributed by atoms with van der Waals surface area (Å²) in [4.78, 5) is 4.37. The van der Waals surface area contributed by atoms with Gasteiger partial charge in [-0.1, -0.05) is 23.7 Å². The molecule has 2 aromatic rings. The second-order valence-electron chi connectivity index (χ2n) is 5.71. The van der Waals surface area contributed by atoms with Crippen LogP contribution in [0.4, 0.5) is 4.39 Å². The average molecular weight is 275 g/mol. The van der Waals surface area contributed by atoms with Crippen molar-refractivity contribution in [2.24, 2.45) is 11.1 Å². The van der Waals surface area contributed by atoms with Gasteiger partial charge in [0.2, 0.25) is 11.7 Å². The van der Waals surface area contributed by atoms with E-state index in [0.29, 0.717) is 35.8 Å². The van der Waals surface area contributed by atoms with Crippen LogP contribution in [-0.2, 0) is 6.42 Å². The molecule has 0 saturated heterocycles. The van der Waals surface area contributed by atoms with Crippen LogP contribution in [0.5, 0.6) is 0 Å². The molecule has 3 rings (SSSR count). The normalized spacial score (nSPS) is 16.9. The van der Waals surface area contributed by atoms with Crippen LogP contribution >= 0.6 is 0 Å². The standard InChI is InChI=1S/C15H18FN3O/c1-10-3-4-11(7-12(10)16)14-18-13(20-19-14)8-15(9-17)5-2-6-15/h3-4,7H,2,5-6,8-9,17H2,1H3. The van der Waals surface area contributed by atoms with Gasteiger partial charge in [0.25, 0.3) is 0 Å². The van der Waals surface area contributed by atoms with Crippen LogP contribution in [0.25, 0.3) is 11.4 Å². The second kappa shape index (κ2) is 4.98. The predicted molar refractivity (Wildman–Crippen MR) is 73.5 cm³/mol. The van der Waals surface area contributed by atoms with Gasteiger partial charge in [0, 0.05) is 12.0 Å². The van der Waals surface area contributed by atoms with Crippen molar-refractivity contribution in [2.45, 2.75) is 32.6 Å². The Bertz CT molecular complexity index is 614. The molecule has 1 saturated carbocycles. The van der Waals surface area contributed by atoms with Gasteiger partial charge < -0.3 is 10.3 Å². The maximum absolute atomic E-state index is 13.6. The molecule has 106 valence electrons. The lowest BCUT2D eigenvalue weighted by molar-refractivity contribution is 0.129. The van der Waals surface area contributed by atoms with Crippen LogP contribution in [0, 0.1) is 18.2 Å². The summed E-state index contributed by atoms with van der Waals surface area (Å²) < 4.78 is 18.8. The molecular weight excluding hydrogens is 257 g/mol. The molecule has 0 amide bonds. The maximum Gasteiger partial charge on any atom is 0.227 e. The van der Waals surface area contributed by atoms with Crippen molar-refractivity contribution in [3.8, 4) is 11.4 Å². The van der Waals surface area contributed by atoms with Crippen LogP contribution in [0.3, 0.4) is 0 Å². The van der Waals surface area contributed by atoms with E-state index in [1.165, 1.54) is 12.5 Å². The average Bonchev–Trinajstić information content (AvgIpc) is 2.85. The fourth-order valence-electron chi connectivity index (χ4n) is 2.63. The summed E-state index contributed by atoms with van der Waals surface area (Å²) in [5.41, 5.74) is 7.20. The molecule has 4 nitrogen and oxygen atoms in total. The van der Waals surface area contributed by atoms with Crippen molar-refractivity contribution in [2.75, 3.05) is 6.54 Å². The van der Waals surface area contributed by atoms with E-state index < -0.39 is 0 Å². The summed E-state index contributed by atoms with van der Waals surface area (Å²) in [7, 11) is 0. The zero-order valence-electron chi connectivity index (χ0n) is 11.5. The number of hydrogen-bond acceptors (Lipinski definition) is 4. The Kier molecular flexibility index (Phi) is 3.30. The molecular formula is C15H18FN3O. The fraction of sp³-hybridized carbons (Fsp3) is 0.467. The minimum Gasteiger partial charge on any atom is -0.339 e. The summed E-state index contributed by atoms with van der Waals surface area (Å²) in [5, 5.41) is 3.94. The molecule has 1 heterocycles. The minimum atomic E-state index is -0.258. The van der Waals surface area contributed by atoms with Gasteiger partial charge in [0.1, 0.15) is 5.82 Å². The smallest absolute Gasteiger partial charge is 0.227 e. The van der Waals surface area contributed by atoms with Crippen LogP contribution in [-0.4, -0.2) is 16.7 Å². The summed E-state index contributed by atoms with van der Waals surface area (Å²) in [6.07, 6.45) is 4.15. The fourth-order valence-corrected chi connectivity index (χ4v) is 2.63. The predicted octanol–water partition coefficient (Wildman–Crippen LogP) is 2.86. The Morgan fingerprint density at radius 2 is 2.20 bits per heavy atom. The molecule has 0 unspecified atom stereocenters. The van der Waals surface area contributed by atoms with Crippen molar-refractivity contribution in [3.63, 3.8) is 0 Å². The maximum atomic E-state index is 13.6. The minimum absolute atomic E-state index is 0.127. The van der Waals surface area contributed by atoms with Crippen molar-refractivity contribution in [1.29, 1.82) is 0 Å². The van der Waals surface area contributed by atoms with Crippen LogP contribution in [0.1, 0.15) is 30.7 Å². The van der Waals surface area contributed by atoms with Gasteiger partial charge >= 0.3 is 0 Å². The number of halogens is 1. The molecule has 0 bridgehead atoms. The molecule has 5 heteroatoms. The molecule has 0 atom stereocenters. The molecule has 1 aromatic heterocycles. The molecule has 1 aromatic carbocycles. The summed E-state index contributed by atoms with van der Waals surface area (Å²) in [6.45, 7) is 2.37. The first kappa shape index (κ1) is 13.2. The Balaban J connectivity index is 1.81. The van der Waals surface area contributed by atoms with E-state index in [1.807, 2.05) is 0 Å². The highest BCUT2D eigenvalue weighted by atomic mass is 19.1. The lowest BCUT2D eigenvalue weighted by Crippen LogP contribution is -2.39. The first-order valence-corrected chi connectivity index (χ1v) is 6.91. The van der Waals surface area contributed by atoms with E-state index in [4.69, 9.17) is 10.3 Å². The topological polar surface area (TPSA) is 64.9 Å². The first-order chi connectivity index (χ1) is 9.62. The van der Waals surface area contributed by atoms with Gasteiger partial charge in [0.05, 0.1) is 0 Å². The second-order valence-corrected chi connectivity index (χ2v) is 5.71. The third kappa shape index (κ3) is 2.33. The molecule has 0 spiro atoms. The number of benzene rings is 1. The quantitative estimate of drug-likeness (QED) is 0.931. The summed E-state index contributed by atoms with van der Waals surface area (Å²) in [6, 6.07) is 4.95. The van der Waals surface area contributed by atoms with Gasteiger partial charge in [-0.15, -0.1) is 0 Å². The number of aryl methyl sites for hydroxylation is 1. The van der Waals surface area contributed by atoms with Gasteiger partial charge in [-0.05, 0) is 43.4 Å². The SMILES string of the molecule is Cc1ccc(-c2noc(CC3(CN)CCC3)n2)cc1F. The monoisotopic (exact) mass is 275 g/mol. The summed E-state index contributed by atoms with van der Waals surface area (Å²) >= 11 is 0. The Morgan fingerprint density at radius 3 is 2.80 bits per heavy atom. The molecule has 0 radical (unpaired) electrons. The Morgan fingerprint density at radius 1 is 1.40 bits per heavy atom. The molecule has 0 aliphatic heterocycles. The number of nitrogens with zero attached hydrogens (tertiary/aromatic N) is 2. The van der Waals surface area contributed by atoms with Gasteiger partial charge in [0.15, 0.2) is 0 Å². The number of aromatic nitrogens is 2. The molecule has 2 N–H and O–H groups in total. The summed E-state index contributed by atoms with van der Waals surface area (Å²) in [5.74, 6) is 0.766.